The molecule has 1 fully saturated rings. The van der Waals surface area contributed by atoms with Crippen LogP contribution in [0.1, 0.15) is 18.4 Å². The molecule has 1 aliphatic heterocycles. The van der Waals surface area contributed by atoms with Crippen LogP contribution in [-0.2, 0) is 19.6 Å². The van der Waals surface area contributed by atoms with Gasteiger partial charge in [-0.15, -0.1) is 0 Å². The molecule has 7 nitrogen and oxygen atoms in total. The van der Waals surface area contributed by atoms with Crippen molar-refractivity contribution in [2.45, 2.75) is 12.8 Å². The SMILES string of the molecule is O=C(O)CC/C=C/c1ccc2cc(O)c(N3CC(=O)CS3(=O)=O)cc2c1. The summed E-state index contributed by atoms with van der Waals surface area (Å²) in [4.78, 5) is 22.0. The number of benzene rings is 2. The van der Waals surface area contributed by atoms with Gasteiger partial charge in [-0.05, 0) is 41.0 Å². The Hall–Kier alpha value is -2.87. The van der Waals surface area contributed by atoms with E-state index in [1.807, 2.05) is 6.07 Å². The molecular weight excluding hydrogens is 358 g/mol. The molecule has 0 radical (unpaired) electrons. The number of anilines is 1. The molecule has 8 heteroatoms. The Bertz CT molecular complexity index is 1030. The van der Waals surface area contributed by atoms with Crippen molar-refractivity contribution in [3.8, 4) is 5.75 Å². The maximum atomic E-state index is 12.1. The highest BCUT2D eigenvalue weighted by Crippen LogP contribution is 2.35. The third-order valence-electron chi connectivity index (χ3n) is 4.06. The van der Waals surface area contributed by atoms with Crippen LogP contribution in [0.2, 0.25) is 0 Å². The van der Waals surface area contributed by atoms with Gasteiger partial charge < -0.3 is 10.2 Å². The van der Waals surface area contributed by atoms with E-state index in [4.69, 9.17) is 5.11 Å². The number of allylic oxidation sites excluding steroid dienone is 1. The second-order valence-corrected chi connectivity index (χ2v) is 7.98. The van der Waals surface area contributed by atoms with Gasteiger partial charge in [0.25, 0.3) is 0 Å². The van der Waals surface area contributed by atoms with E-state index >= 15 is 0 Å². The molecule has 2 aromatic rings. The Balaban J connectivity index is 1.95. The Morgan fingerprint density at radius 2 is 1.96 bits per heavy atom. The zero-order valence-corrected chi connectivity index (χ0v) is 14.6. The largest absolute Gasteiger partial charge is 0.506 e. The number of rotatable bonds is 5. The number of phenols is 1. The van der Waals surface area contributed by atoms with Crippen molar-refractivity contribution in [2.24, 2.45) is 0 Å². The van der Waals surface area contributed by atoms with Crippen molar-refractivity contribution < 1.29 is 28.2 Å². The van der Waals surface area contributed by atoms with Crippen LogP contribution in [0.3, 0.4) is 0 Å². The maximum Gasteiger partial charge on any atom is 0.303 e. The molecule has 26 heavy (non-hydrogen) atoms. The second-order valence-electron chi connectivity index (χ2n) is 6.08. The molecular formula is C18H17NO6S. The van der Waals surface area contributed by atoms with Crippen LogP contribution in [0.15, 0.2) is 36.4 Å². The number of hydrogen-bond donors (Lipinski definition) is 2. The van der Waals surface area contributed by atoms with Crippen LogP contribution in [-0.4, -0.2) is 42.7 Å². The van der Waals surface area contributed by atoms with Crippen LogP contribution in [0.25, 0.3) is 16.8 Å². The fraction of sp³-hybridized carbons (Fsp3) is 0.222. The minimum atomic E-state index is -3.76. The Morgan fingerprint density at radius 3 is 2.62 bits per heavy atom. The van der Waals surface area contributed by atoms with Crippen LogP contribution in [0.5, 0.6) is 5.75 Å². The van der Waals surface area contributed by atoms with Crippen LogP contribution in [0.4, 0.5) is 5.69 Å². The maximum absolute atomic E-state index is 12.1. The number of fused-ring (bicyclic) bond motifs is 1. The van der Waals surface area contributed by atoms with E-state index in [9.17, 15) is 23.1 Å². The molecule has 0 saturated carbocycles. The topological polar surface area (TPSA) is 112 Å². The van der Waals surface area contributed by atoms with Gasteiger partial charge in [0.1, 0.15) is 11.5 Å². The predicted molar refractivity (Wildman–Crippen MR) is 97.7 cm³/mol. The number of carboxylic acid groups (broad SMARTS) is 1. The lowest BCUT2D eigenvalue weighted by Gasteiger charge is -2.18. The quantitative estimate of drug-likeness (QED) is 0.828. The molecule has 2 N–H and O–H groups in total. The molecule has 0 spiro atoms. The summed E-state index contributed by atoms with van der Waals surface area (Å²) in [5.74, 6) is -2.05. The number of ketones is 1. The summed E-state index contributed by atoms with van der Waals surface area (Å²) in [6.45, 7) is -0.282. The van der Waals surface area contributed by atoms with Crippen molar-refractivity contribution in [1.29, 1.82) is 0 Å². The molecule has 1 aliphatic rings. The van der Waals surface area contributed by atoms with E-state index in [2.05, 4.69) is 0 Å². The highest BCUT2D eigenvalue weighted by atomic mass is 32.2. The highest BCUT2D eigenvalue weighted by Gasteiger charge is 2.36. The van der Waals surface area contributed by atoms with Crippen LogP contribution < -0.4 is 4.31 Å². The van der Waals surface area contributed by atoms with Gasteiger partial charge in [0.05, 0.1) is 12.2 Å². The van der Waals surface area contributed by atoms with Gasteiger partial charge in [-0.3, -0.25) is 13.9 Å². The fourth-order valence-electron chi connectivity index (χ4n) is 2.84. The van der Waals surface area contributed by atoms with Gasteiger partial charge in [-0.25, -0.2) is 8.42 Å². The van der Waals surface area contributed by atoms with Crippen molar-refractivity contribution in [3.63, 3.8) is 0 Å². The molecule has 0 bridgehead atoms. The first kappa shape index (κ1) is 17.9. The number of nitrogens with zero attached hydrogens (tertiary/aromatic N) is 1. The lowest BCUT2D eigenvalue weighted by atomic mass is 10.0. The standard InChI is InChI=1S/C18H17NO6S/c20-15-10-19(26(24,25)11-15)16-8-14-7-12(3-1-2-4-18(22)23)5-6-13(14)9-17(16)21/h1,3,5-9,21H,2,4,10-11H2,(H,22,23)/b3-1+. The molecule has 0 aromatic heterocycles. The van der Waals surface area contributed by atoms with Crippen molar-refractivity contribution >= 4 is 44.3 Å². The molecule has 0 unspecified atom stereocenters. The number of carbonyl (C=O) groups excluding carboxylic acids is 1. The monoisotopic (exact) mass is 375 g/mol. The molecule has 0 aliphatic carbocycles. The van der Waals surface area contributed by atoms with E-state index in [-0.39, 0.29) is 24.4 Å². The van der Waals surface area contributed by atoms with Gasteiger partial charge in [0.15, 0.2) is 5.78 Å². The van der Waals surface area contributed by atoms with Gasteiger partial charge in [0, 0.05) is 6.42 Å². The Kier molecular flexibility index (Phi) is 4.69. The minimum absolute atomic E-state index is 0.0446. The summed E-state index contributed by atoms with van der Waals surface area (Å²) in [7, 11) is -3.76. The average molecular weight is 375 g/mol. The molecule has 1 heterocycles. The van der Waals surface area contributed by atoms with Crippen molar-refractivity contribution in [1.82, 2.24) is 0 Å². The summed E-state index contributed by atoms with van der Waals surface area (Å²) >= 11 is 0. The first-order valence-electron chi connectivity index (χ1n) is 7.93. The van der Waals surface area contributed by atoms with Crippen molar-refractivity contribution in [3.05, 3.63) is 42.0 Å². The van der Waals surface area contributed by atoms with Crippen molar-refractivity contribution in [2.75, 3.05) is 16.6 Å². The van der Waals surface area contributed by atoms with E-state index in [0.717, 1.165) is 15.3 Å². The lowest BCUT2D eigenvalue weighted by molar-refractivity contribution is -0.136. The summed E-state index contributed by atoms with van der Waals surface area (Å²) in [5.41, 5.74) is 0.898. The molecule has 136 valence electrons. The van der Waals surface area contributed by atoms with E-state index in [1.165, 1.54) is 12.1 Å². The number of aromatic hydroxyl groups is 1. The number of aliphatic carboxylic acids is 1. The van der Waals surface area contributed by atoms with E-state index in [0.29, 0.717) is 11.8 Å². The summed E-state index contributed by atoms with van der Waals surface area (Å²) in [6, 6.07) is 8.39. The summed E-state index contributed by atoms with van der Waals surface area (Å²) in [6.07, 6.45) is 3.98. The zero-order chi connectivity index (χ0) is 18.9. The van der Waals surface area contributed by atoms with Gasteiger partial charge in [0.2, 0.25) is 10.0 Å². The number of hydrogen-bond acceptors (Lipinski definition) is 5. The number of Topliss-reactive ketones (excluding diaryl/α,β-unsaturated/α-hetero) is 1. The van der Waals surface area contributed by atoms with Crippen LogP contribution in [0, 0.1) is 0 Å². The predicted octanol–water partition coefficient (Wildman–Crippen LogP) is 2.14. The Labute approximate surface area is 150 Å². The number of sulfonamides is 1. The second kappa shape index (κ2) is 6.80. The zero-order valence-electron chi connectivity index (χ0n) is 13.8. The van der Waals surface area contributed by atoms with Crippen LogP contribution >= 0.6 is 0 Å². The van der Waals surface area contributed by atoms with Gasteiger partial charge in [-0.2, -0.15) is 0 Å². The highest BCUT2D eigenvalue weighted by molar-refractivity contribution is 7.94. The third-order valence-corrected chi connectivity index (χ3v) is 5.74. The summed E-state index contributed by atoms with van der Waals surface area (Å²) in [5, 5.41) is 20.3. The van der Waals surface area contributed by atoms with Gasteiger partial charge >= 0.3 is 5.97 Å². The molecule has 3 rings (SSSR count). The number of carbonyl (C=O) groups is 2. The first-order valence-corrected chi connectivity index (χ1v) is 9.54. The van der Waals surface area contributed by atoms with Gasteiger partial charge in [-0.1, -0.05) is 24.3 Å². The molecule has 2 aromatic carbocycles. The average Bonchev–Trinajstić information content (AvgIpc) is 2.83. The number of phenolic OH excluding ortho intramolecular Hbond substituents is 1. The number of carboxylic acids is 1. The van der Waals surface area contributed by atoms with E-state index in [1.54, 1.807) is 24.3 Å². The first-order chi connectivity index (χ1) is 12.3. The third kappa shape index (κ3) is 3.70. The molecule has 0 amide bonds. The van der Waals surface area contributed by atoms with E-state index < -0.39 is 27.5 Å². The molecule has 1 saturated heterocycles. The Morgan fingerprint density at radius 1 is 1.19 bits per heavy atom. The lowest BCUT2D eigenvalue weighted by Crippen LogP contribution is -2.25. The minimum Gasteiger partial charge on any atom is -0.506 e. The normalized spacial score (nSPS) is 16.6. The molecule has 0 atom stereocenters. The summed E-state index contributed by atoms with van der Waals surface area (Å²) < 4.78 is 25.1. The smallest absolute Gasteiger partial charge is 0.303 e. The fourth-order valence-corrected chi connectivity index (χ4v) is 4.28.